The Morgan fingerprint density at radius 1 is 0.905 bits per heavy atom. The van der Waals surface area contributed by atoms with Gasteiger partial charge in [0.05, 0.1) is 0 Å². The maximum Gasteiger partial charge on any atom is 0.0429 e. The minimum atomic E-state index is 0.266. The first kappa shape index (κ1) is 15.6. The lowest BCUT2D eigenvalue weighted by atomic mass is 10.0. The van der Waals surface area contributed by atoms with E-state index < -0.39 is 0 Å². The van der Waals surface area contributed by atoms with Crippen molar-refractivity contribution < 1.29 is 0 Å². The molecule has 0 amide bonds. The fraction of sp³-hybridized carbons (Fsp3) is 0.368. The predicted octanol–water partition coefficient (Wildman–Crippen LogP) is 3.99. The molecule has 0 bridgehead atoms. The van der Waals surface area contributed by atoms with Gasteiger partial charge in [0.25, 0.3) is 0 Å². The van der Waals surface area contributed by atoms with E-state index in [0.29, 0.717) is 0 Å². The molecule has 0 aliphatic rings. The largest absolute Gasteiger partial charge is 0.367 e. The Kier molecular flexibility index (Phi) is 5.82. The van der Waals surface area contributed by atoms with Gasteiger partial charge in [-0.3, -0.25) is 0 Å². The van der Waals surface area contributed by atoms with Gasteiger partial charge >= 0.3 is 0 Å². The highest BCUT2D eigenvalue weighted by atomic mass is 15.1. The zero-order chi connectivity index (χ0) is 15.1. The fourth-order valence-corrected chi connectivity index (χ4v) is 2.48. The van der Waals surface area contributed by atoms with E-state index >= 15 is 0 Å². The molecule has 21 heavy (non-hydrogen) atoms. The van der Waals surface area contributed by atoms with Crippen LogP contribution in [0.1, 0.15) is 31.4 Å². The molecule has 2 nitrogen and oxygen atoms in total. The Balaban J connectivity index is 2.05. The minimum Gasteiger partial charge on any atom is -0.367 e. The van der Waals surface area contributed by atoms with Crippen LogP contribution in [-0.2, 0) is 13.0 Å². The van der Waals surface area contributed by atoms with Crippen molar-refractivity contribution in [2.75, 3.05) is 11.4 Å². The van der Waals surface area contributed by atoms with Gasteiger partial charge in [-0.05, 0) is 43.0 Å². The summed E-state index contributed by atoms with van der Waals surface area (Å²) in [7, 11) is 0. The lowest BCUT2D eigenvalue weighted by molar-refractivity contribution is 0.646. The molecule has 0 spiro atoms. The Morgan fingerprint density at radius 2 is 1.57 bits per heavy atom. The second-order valence-electron chi connectivity index (χ2n) is 5.54. The monoisotopic (exact) mass is 282 g/mol. The summed E-state index contributed by atoms with van der Waals surface area (Å²) in [6.45, 7) is 6.29. The van der Waals surface area contributed by atoms with Crippen LogP contribution in [-0.4, -0.2) is 12.6 Å². The van der Waals surface area contributed by atoms with E-state index in [4.69, 9.17) is 5.73 Å². The molecule has 0 aliphatic heterocycles. The van der Waals surface area contributed by atoms with Crippen molar-refractivity contribution in [3.63, 3.8) is 0 Å². The summed E-state index contributed by atoms with van der Waals surface area (Å²) in [5.41, 5.74) is 9.96. The maximum atomic E-state index is 6.02. The molecule has 1 atom stereocenters. The number of nitrogens with zero attached hydrogens (tertiary/aromatic N) is 1. The Morgan fingerprint density at radius 3 is 2.14 bits per heavy atom. The second kappa shape index (κ2) is 7.84. The number of benzene rings is 2. The van der Waals surface area contributed by atoms with Crippen molar-refractivity contribution in [2.24, 2.45) is 5.73 Å². The molecule has 2 aromatic rings. The molecule has 2 rings (SSSR count). The zero-order valence-corrected chi connectivity index (χ0v) is 13.1. The van der Waals surface area contributed by atoms with Gasteiger partial charge in [0, 0.05) is 24.8 Å². The van der Waals surface area contributed by atoms with E-state index in [1.54, 1.807) is 0 Å². The van der Waals surface area contributed by atoms with Crippen molar-refractivity contribution in [3.05, 3.63) is 65.7 Å². The summed E-state index contributed by atoms with van der Waals surface area (Å²) >= 11 is 0. The van der Waals surface area contributed by atoms with E-state index in [1.165, 1.54) is 16.8 Å². The van der Waals surface area contributed by atoms with Gasteiger partial charge in [-0.15, -0.1) is 0 Å². The smallest absolute Gasteiger partial charge is 0.0429 e. The van der Waals surface area contributed by atoms with Crippen LogP contribution in [0.25, 0.3) is 0 Å². The van der Waals surface area contributed by atoms with Crippen LogP contribution < -0.4 is 10.6 Å². The summed E-state index contributed by atoms with van der Waals surface area (Å²) in [5, 5.41) is 0. The van der Waals surface area contributed by atoms with Crippen LogP contribution in [0.3, 0.4) is 0 Å². The van der Waals surface area contributed by atoms with Crippen LogP contribution in [0.2, 0.25) is 0 Å². The zero-order valence-electron chi connectivity index (χ0n) is 13.1. The third-order valence-electron chi connectivity index (χ3n) is 3.92. The van der Waals surface area contributed by atoms with Gasteiger partial charge in [-0.25, -0.2) is 0 Å². The highest BCUT2D eigenvalue weighted by Crippen LogP contribution is 2.18. The molecule has 0 radical (unpaired) electrons. The van der Waals surface area contributed by atoms with Crippen molar-refractivity contribution in [1.29, 1.82) is 0 Å². The number of hydrogen-bond donors (Lipinski definition) is 1. The number of rotatable bonds is 7. The van der Waals surface area contributed by atoms with Gasteiger partial charge in [0.2, 0.25) is 0 Å². The average Bonchev–Trinajstić information content (AvgIpc) is 2.54. The fourth-order valence-electron chi connectivity index (χ4n) is 2.48. The molecule has 1 unspecified atom stereocenters. The topological polar surface area (TPSA) is 29.3 Å². The van der Waals surface area contributed by atoms with Gasteiger partial charge in [-0.2, -0.15) is 0 Å². The third kappa shape index (κ3) is 4.61. The molecular weight excluding hydrogens is 256 g/mol. The molecule has 0 fully saturated rings. The van der Waals surface area contributed by atoms with Gasteiger partial charge in [0.15, 0.2) is 0 Å². The predicted molar refractivity (Wildman–Crippen MR) is 91.6 cm³/mol. The average molecular weight is 282 g/mol. The molecule has 0 saturated heterocycles. The summed E-state index contributed by atoms with van der Waals surface area (Å²) < 4.78 is 0. The van der Waals surface area contributed by atoms with Gasteiger partial charge in [-0.1, -0.05) is 49.4 Å². The Hall–Kier alpha value is -1.80. The first-order valence-corrected chi connectivity index (χ1v) is 7.86. The van der Waals surface area contributed by atoms with Crippen molar-refractivity contribution in [2.45, 2.75) is 39.3 Å². The van der Waals surface area contributed by atoms with Gasteiger partial charge < -0.3 is 10.6 Å². The summed E-state index contributed by atoms with van der Waals surface area (Å²) in [5.74, 6) is 0. The summed E-state index contributed by atoms with van der Waals surface area (Å²) in [6.07, 6.45) is 1.98. The maximum absolute atomic E-state index is 6.02. The van der Waals surface area contributed by atoms with Gasteiger partial charge in [0.1, 0.15) is 0 Å². The summed E-state index contributed by atoms with van der Waals surface area (Å²) in [4.78, 5) is 2.39. The van der Waals surface area contributed by atoms with E-state index in [9.17, 15) is 0 Å². The van der Waals surface area contributed by atoms with Crippen LogP contribution in [0.4, 0.5) is 5.69 Å². The molecular formula is C19H26N2. The van der Waals surface area contributed by atoms with E-state index in [1.807, 2.05) is 0 Å². The SMILES string of the molecule is CCC(N)Cc1ccc(N(CC)Cc2ccccc2)cc1. The van der Waals surface area contributed by atoms with Crippen LogP contribution in [0.15, 0.2) is 54.6 Å². The number of anilines is 1. The normalized spacial score (nSPS) is 12.1. The lowest BCUT2D eigenvalue weighted by Crippen LogP contribution is -2.23. The quantitative estimate of drug-likeness (QED) is 0.832. The Labute approximate surface area is 128 Å². The molecule has 2 aromatic carbocycles. The molecule has 0 aliphatic carbocycles. The van der Waals surface area contributed by atoms with Crippen LogP contribution in [0, 0.1) is 0 Å². The molecule has 0 aromatic heterocycles. The highest BCUT2D eigenvalue weighted by Gasteiger charge is 2.06. The van der Waals surface area contributed by atoms with E-state index in [0.717, 1.165) is 25.9 Å². The van der Waals surface area contributed by atoms with E-state index in [-0.39, 0.29) is 6.04 Å². The number of nitrogens with two attached hydrogens (primary N) is 1. The molecule has 0 heterocycles. The summed E-state index contributed by atoms with van der Waals surface area (Å²) in [6, 6.07) is 19.7. The third-order valence-corrected chi connectivity index (χ3v) is 3.92. The Bertz CT molecular complexity index is 519. The van der Waals surface area contributed by atoms with Crippen LogP contribution in [0.5, 0.6) is 0 Å². The number of hydrogen-bond acceptors (Lipinski definition) is 2. The molecule has 0 saturated carbocycles. The molecule has 2 heteroatoms. The van der Waals surface area contributed by atoms with Crippen molar-refractivity contribution >= 4 is 5.69 Å². The minimum absolute atomic E-state index is 0.266. The first-order valence-electron chi connectivity index (χ1n) is 7.86. The van der Waals surface area contributed by atoms with Crippen LogP contribution >= 0.6 is 0 Å². The second-order valence-corrected chi connectivity index (χ2v) is 5.54. The first-order chi connectivity index (χ1) is 10.2. The highest BCUT2D eigenvalue weighted by molar-refractivity contribution is 5.48. The molecule has 2 N–H and O–H groups in total. The standard InChI is InChI=1S/C19H26N2/c1-3-18(20)14-16-10-12-19(13-11-16)21(4-2)15-17-8-6-5-7-9-17/h5-13,18H,3-4,14-15,20H2,1-2H3. The lowest BCUT2D eigenvalue weighted by Gasteiger charge is -2.23. The van der Waals surface area contributed by atoms with E-state index in [2.05, 4.69) is 73.3 Å². The van der Waals surface area contributed by atoms with Crippen molar-refractivity contribution in [1.82, 2.24) is 0 Å². The van der Waals surface area contributed by atoms with Crippen molar-refractivity contribution in [3.8, 4) is 0 Å². The molecule has 112 valence electrons.